The number of fused-ring (bicyclic) bond motifs is 7. The van der Waals surface area contributed by atoms with Crippen LogP contribution in [-0.2, 0) is 0 Å². The van der Waals surface area contributed by atoms with Gasteiger partial charge in [-0.05, 0) is 44.2 Å². The van der Waals surface area contributed by atoms with Gasteiger partial charge in [-0.25, -0.2) is 0 Å². The second-order valence-electron chi connectivity index (χ2n) is 7.90. The third-order valence-electron chi connectivity index (χ3n) is 5.93. The standard InChI is InChI=1S/C26H21N3/c1-17(2)28-22-11-5-3-9-19(22)20-13-14-24-25(26(20)28)21-10-4-6-12-23(21)29(24)18-8-7-15-27-16-18/h3-17H,1-2H3. The van der Waals surface area contributed by atoms with E-state index in [1.54, 1.807) is 0 Å². The van der Waals surface area contributed by atoms with Crippen LogP contribution in [0.5, 0.6) is 0 Å². The minimum Gasteiger partial charge on any atom is -0.337 e. The molecule has 3 aromatic carbocycles. The first-order chi connectivity index (χ1) is 14.3. The summed E-state index contributed by atoms with van der Waals surface area (Å²) < 4.78 is 4.83. The van der Waals surface area contributed by atoms with Gasteiger partial charge in [0.2, 0.25) is 0 Å². The van der Waals surface area contributed by atoms with Gasteiger partial charge in [-0.3, -0.25) is 4.98 Å². The summed E-state index contributed by atoms with van der Waals surface area (Å²) in [5.74, 6) is 0. The second kappa shape index (κ2) is 5.95. The van der Waals surface area contributed by atoms with Gasteiger partial charge in [0.05, 0.1) is 28.4 Å². The van der Waals surface area contributed by atoms with Gasteiger partial charge in [0, 0.05) is 39.3 Å². The van der Waals surface area contributed by atoms with Crippen LogP contribution >= 0.6 is 0 Å². The highest BCUT2D eigenvalue weighted by Crippen LogP contribution is 2.41. The molecule has 0 N–H and O–H groups in total. The van der Waals surface area contributed by atoms with E-state index in [2.05, 4.69) is 94.7 Å². The fraction of sp³-hybridized carbons (Fsp3) is 0.115. The number of rotatable bonds is 2. The van der Waals surface area contributed by atoms with Crippen LogP contribution in [0.4, 0.5) is 0 Å². The minimum absolute atomic E-state index is 0.364. The van der Waals surface area contributed by atoms with Gasteiger partial charge < -0.3 is 9.13 Å². The molecule has 0 aliphatic carbocycles. The van der Waals surface area contributed by atoms with Gasteiger partial charge >= 0.3 is 0 Å². The van der Waals surface area contributed by atoms with Gasteiger partial charge in [-0.15, -0.1) is 0 Å². The Labute approximate surface area is 168 Å². The molecule has 0 unspecified atom stereocenters. The van der Waals surface area contributed by atoms with Crippen molar-refractivity contribution in [2.24, 2.45) is 0 Å². The molecule has 29 heavy (non-hydrogen) atoms. The molecule has 3 nitrogen and oxygen atoms in total. The third-order valence-corrected chi connectivity index (χ3v) is 5.93. The maximum absolute atomic E-state index is 4.37. The Hall–Kier alpha value is -3.59. The molecule has 6 rings (SSSR count). The first kappa shape index (κ1) is 16.4. The van der Waals surface area contributed by atoms with Crippen LogP contribution in [-0.4, -0.2) is 14.1 Å². The van der Waals surface area contributed by atoms with Gasteiger partial charge in [0.25, 0.3) is 0 Å². The van der Waals surface area contributed by atoms with E-state index in [-0.39, 0.29) is 0 Å². The molecule has 0 saturated carbocycles. The Morgan fingerprint density at radius 1 is 0.690 bits per heavy atom. The van der Waals surface area contributed by atoms with E-state index in [0.717, 1.165) is 5.69 Å². The lowest BCUT2D eigenvalue weighted by Gasteiger charge is -2.12. The fourth-order valence-electron chi connectivity index (χ4n) is 4.84. The Kier molecular flexibility index (Phi) is 3.36. The largest absolute Gasteiger partial charge is 0.337 e. The summed E-state index contributed by atoms with van der Waals surface area (Å²) in [5.41, 5.74) is 6.13. The van der Waals surface area contributed by atoms with E-state index in [0.29, 0.717) is 6.04 Å². The molecule has 0 radical (unpaired) electrons. The summed E-state index contributed by atoms with van der Waals surface area (Å²) in [7, 11) is 0. The number of hydrogen-bond acceptors (Lipinski definition) is 1. The highest BCUT2D eigenvalue weighted by atomic mass is 15.0. The molecule has 3 heteroatoms. The second-order valence-corrected chi connectivity index (χ2v) is 7.90. The topological polar surface area (TPSA) is 22.8 Å². The number of nitrogens with zero attached hydrogens (tertiary/aromatic N) is 3. The molecule has 3 aromatic heterocycles. The molecule has 3 heterocycles. The fourth-order valence-corrected chi connectivity index (χ4v) is 4.84. The highest BCUT2D eigenvalue weighted by Gasteiger charge is 2.20. The average molecular weight is 375 g/mol. The van der Waals surface area contributed by atoms with E-state index < -0.39 is 0 Å². The summed E-state index contributed by atoms with van der Waals surface area (Å²) in [6.07, 6.45) is 3.76. The Morgan fingerprint density at radius 3 is 2.21 bits per heavy atom. The number of benzene rings is 3. The van der Waals surface area contributed by atoms with Crippen molar-refractivity contribution < 1.29 is 0 Å². The average Bonchev–Trinajstić information content (AvgIpc) is 3.27. The van der Waals surface area contributed by atoms with Crippen LogP contribution in [0.3, 0.4) is 0 Å². The van der Waals surface area contributed by atoms with Crippen LogP contribution in [0.2, 0.25) is 0 Å². The van der Waals surface area contributed by atoms with E-state index in [9.17, 15) is 0 Å². The third kappa shape index (κ3) is 2.16. The summed E-state index contributed by atoms with van der Waals surface area (Å²) >= 11 is 0. The van der Waals surface area contributed by atoms with E-state index in [1.165, 1.54) is 43.6 Å². The van der Waals surface area contributed by atoms with Crippen molar-refractivity contribution in [3.8, 4) is 5.69 Å². The maximum Gasteiger partial charge on any atom is 0.0645 e. The molecular formula is C26H21N3. The van der Waals surface area contributed by atoms with Crippen molar-refractivity contribution in [3.63, 3.8) is 0 Å². The van der Waals surface area contributed by atoms with E-state index >= 15 is 0 Å². The molecule has 6 aromatic rings. The molecule has 140 valence electrons. The minimum atomic E-state index is 0.364. The Morgan fingerprint density at radius 2 is 1.45 bits per heavy atom. The lowest BCUT2D eigenvalue weighted by atomic mass is 10.1. The summed E-state index contributed by atoms with van der Waals surface area (Å²) in [6, 6.07) is 26.5. The number of hydrogen-bond donors (Lipinski definition) is 0. The molecule has 0 fully saturated rings. The first-order valence-electron chi connectivity index (χ1n) is 10.1. The van der Waals surface area contributed by atoms with Gasteiger partial charge in [0.1, 0.15) is 0 Å². The summed E-state index contributed by atoms with van der Waals surface area (Å²) in [5, 5.41) is 5.22. The zero-order valence-electron chi connectivity index (χ0n) is 16.5. The van der Waals surface area contributed by atoms with Crippen molar-refractivity contribution in [1.29, 1.82) is 0 Å². The van der Waals surface area contributed by atoms with Crippen LogP contribution in [0.25, 0.3) is 49.3 Å². The number of para-hydroxylation sites is 2. The van der Waals surface area contributed by atoms with Gasteiger partial charge in [0.15, 0.2) is 0 Å². The number of pyridine rings is 1. The SMILES string of the molecule is CC(C)n1c2ccccc2c2ccc3c(c4ccccc4n3-c3cccnc3)c21. The number of aromatic nitrogens is 3. The van der Waals surface area contributed by atoms with Crippen molar-refractivity contribution >= 4 is 43.6 Å². The smallest absolute Gasteiger partial charge is 0.0645 e. The predicted molar refractivity (Wildman–Crippen MR) is 122 cm³/mol. The lowest BCUT2D eigenvalue weighted by Crippen LogP contribution is -2.00. The molecule has 0 aliphatic heterocycles. The molecule has 0 aliphatic rings. The highest BCUT2D eigenvalue weighted by molar-refractivity contribution is 6.25. The molecule has 0 bridgehead atoms. The van der Waals surface area contributed by atoms with Crippen LogP contribution in [0, 0.1) is 0 Å². The van der Waals surface area contributed by atoms with Gasteiger partial charge in [-0.2, -0.15) is 0 Å². The Balaban J connectivity index is 1.92. The van der Waals surface area contributed by atoms with Crippen LogP contribution < -0.4 is 0 Å². The molecular weight excluding hydrogens is 354 g/mol. The summed E-state index contributed by atoms with van der Waals surface area (Å²) in [6.45, 7) is 4.54. The van der Waals surface area contributed by atoms with Gasteiger partial charge in [-0.1, -0.05) is 42.5 Å². The van der Waals surface area contributed by atoms with Crippen LogP contribution in [0.15, 0.2) is 85.2 Å². The maximum atomic E-state index is 4.37. The lowest BCUT2D eigenvalue weighted by molar-refractivity contribution is 0.643. The van der Waals surface area contributed by atoms with E-state index in [1.807, 2.05) is 18.5 Å². The molecule has 0 spiro atoms. The predicted octanol–water partition coefficient (Wildman–Crippen LogP) is 6.87. The normalized spacial score (nSPS) is 12.1. The summed E-state index contributed by atoms with van der Waals surface area (Å²) in [4.78, 5) is 4.37. The quantitative estimate of drug-likeness (QED) is 0.324. The van der Waals surface area contributed by atoms with Crippen molar-refractivity contribution in [3.05, 3.63) is 85.2 Å². The Bertz CT molecular complexity index is 1520. The van der Waals surface area contributed by atoms with Crippen LogP contribution in [0.1, 0.15) is 19.9 Å². The van der Waals surface area contributed by atoms with Crippen molar-refractivity contribution in [2.75, 3.05) is 0 Å². The van der Waals surface area contributed by atoms with Crippen molar-refractivity contribution in [2.45, 2.75) is 19.9 Å². The first-order valence-corrected chi connectivity index (χ1v) is 10.1. The zero-order chi connectivity index (χ0) is 19.5. The molecule has 0 atom stereocenters. The molecule has 0 saturated heterocycles. The zero-order valence-corrected chi connectivity index (χ0v) is 16.5. The van der Waals surface area contributed by atoms with Crippen molar-refractivity contribution in [1.82, 2.24) is 14.1 Å². The molecule has 0 amide bonds. The monoisotopic (exact) mass is 375 g/mol. The van der Waals surface area contributed by atoms with E-state index in [4.69, 9.17) is 0 Å².